The van der Waals surface area contributed by atoms with Crippen LogP contribution in [-0.2, 0) is 15.8 Å². The number of rotatable bonds is 12. The smallest absolute Gasteiger partial charge is 0.416 e. The highest BCUT2D eigenvalue weighted by Gasteiger charge is 2.39. The fourth-order valence-electron chi connectivity index (χ4n) is 7.91. The summed E-state index contributed by atoms with van der Waals surface area (Å²) in [7, 11) is 0. The molecule has 54 heavy (non-hydrogen) atoms. The molecule has 5 rings (SSSR count). The van der Waals surface area contributed by atoms with Crippen LogP contribution in [0.3, 0.4) is 0 Å². The maximum atomic E-state index is 16.8. The van der Waals surface area contributed by atoms with Crippen molar-refractivity contribution in [3.05, 3.63) is 91.4 Å². The highest BCUT2D eigenvalue weighted by atomic mass is 19.4. The Morgan fingerprint density at radius 1 is 0.981 bits per heavy atom. The number of pyridine rings is 1. The van der Waals surface area contributed by atoms with Gasteiger partial charge in [-0.05, 0) is 119 Å². The van der Waals surface area contributed by atoms with Crippen molar-refractivity contribution in [3.8, 4) is 23.0 Å². The van der Waals surface area contributed by atoms with Crippen molar-refractivity contribution in [2.45, 2.75) is 104 Å². The predicted octanol–water partition coefficient (Wildman–Crippen LogP) is 8.62. The molecule has 2 fully saturated rings. The number of carboxylic acid groups (broad SMARTS) is 1. The maximum Gasteiger partial charge on any atom is 0.416 e. The molecule has 1 aliphatic carbocycles. The van der Waals surface area contributed by atoms with Crippen molar-refractivity contribution in [1.29, 1.82) is 0 Å². The minimum Gasteiger partial charge on any atom is -0.481 e. The van der Waals surface area contributed by atoms with Crippen molar-refractivity contribution < 1.29 is 36.6 Å². The zero-order valence-electron chi connectivity index (χ0n) is 31.6. The van der Waals surface area contributed by atoms with Crippen LogP contribution in [0.5, 0.6) is 0 Å². The van der Waals surface area contributed by atoms with Gasteiger partial charge < -0.3 is 19.9 Å². The molecule has 1 aliphatic heterocycles. The summed E-state index contributed by atoms with van der Waals surface area (Å²) >= 11 is 0. The number of hydrogen-bond acceptors (Lipinski definition) is 4. The zero-order chi connectivity index (χ0) is 39.6. The number of aromatic nitrogens is 1. The second kappa shape index (κ2) is 16.5. The molecule has 2 N–H and O–H groups in total. The molecule has 7 nitrogen and oxygen atoms in total. The predicted molar refractivity (Wildman–Crippen MR) is 197 cm³/mol. The van der Waals surface area contributed by atoms with Gasteiger partial charge in [0.25, 0.3) is 5.56 Å². The number of nitrogens with one attached hydrogen (secondary N) is 1. The second-order valence-electron chi connectivity index (χ2n) is 15.4. The first-order valence-corrected chi connectivity index (χ1v) is 18.5. The minimum atomic E-state index is -4.82. The van der Waals surface area contributed by atoms with Gasteiger partial charge in [0.15, 0.2) is 0 Å². The van der Waals surface area contributed by atoms with Crippen LogP contribution in [0.2, 0.25) is 0 Å². The van der Waals surface area contributed by atoms with E-state index >= 15 is 8.78 Å². The molecule has 1 saturated heterocycles. The molecule has 2 unspecified atom stereocenters. The quantitative estimate of drug-likeness (QED) is 0.143. The Balaban J connectivity index is 1.59. The summed E-state index contributed by atoms with van der Waals surface area (Å²) in [5.41, 5.74) is -0.440. The average molecular weight is 754 g/mol. The van der Waals surface area contributed by atoms with Crippen LogP contribution in [-0.4, -0.2) is 46.1 Å². The molecule has 1 saturated carbocycles. The molecular formula is C42H48F5N3O4. The SMILES string of the molecule is CC#Cc1cc(-c2c(C)cc(C)cc2C)c(F)c(C(CC(=O)O)NC(=O)C(CC(C)C)n2cc(C3CCN(CC4CC4)CC3)c(C(F)(F)F)cc2=O)c1F. The molecule has 1 amide bonds. The summed E-state index contributed by atoms with van der Waals surface area (Å²) in [6, 6.07) is 2.25. The number of benzene rings is 2. The molecule has 0 spiro atoms. The van der Waals surface area contributed by atoms with Gasteiger partial charge in [-0.1, -0.05) is 37.5 Å². The first-order chi connectivity index (χ1) is 25.4. The number of alkyl halides is 3. The van der Waals surface area contributed by atoms with Crippen LogP contribution >= 0.6 is 0 Å². The molecule has 0 radical (unpaired) electrons. The van der Waals surface area contributed by atoms with Crippen molar-refractivity contribution in [2.24, 2.45) is 11.8 Å². The molecule has 2 atom stereocenters. The van der Waals surface area contributed by atoms with E-state index in [1.165, 1.54) is 13.0 Å². The summed E-state index contributed by atoms with van der Waals surface area (Å²) in [6.07, 6.45) is -1.49. The van der Waals surface area contributed by atoms with Crippen LogP contribution in [0.4, 0.5) is 22.0 Å². The zero-order valence-corrected chi connectivity index (χ0v) is 31.6. The van der Waals surface area contributed by atoms with Crippen molar-refractivity contribution in [3.63, 3.8) is 0 Å². The average Bonchev–Trinajstić information content (AvgIpc) is 3.89. The van der Waals surface area contributed by atoms with Crippen molar-refractivity contribution >= 4 is 11.9 Å². The third kappa shape index (κ3) is 9.23. The molecule has 0 bridgehead atoms. The number of aryl methyl sites for hydroxylation is 3. The van der Waals surface area contributed by atoms with Gasteiger partial charge in [0.1, 0.15) is 17.7 Å². The number of carbonyl (C=O) groups is 2. The van der Waals surface area contributed by atoms with Crippen molar-refractivity contribution in [2.75, 3.05) is 19.6 Å². The number of aliphatic carboxylic acids is 1. The van der Waals surface area contributed by atoms with E-state index in [1.54, 1.807) is 27.7 Å². The Hall–Kier alpha value is -4.50. The lowest BCUT2D eigenvalue weighted by Crippen LogP contribution is -2.41. The highest BCUT2D eigenvalue weighted by molar-refractivity contribution is 5.82. The van der Waals surface area contributed by atoms with E-state index in [9.17, 15) is 32.7 Å². The minimum absolute atomic E-state index is 0.0323. The monoisotopic (exact) mass is 753 g/mol. The maximum absolute atomic E-state index is 16.8. The number of halogens is 5. The summed E-state index contributed by atoms with van der Waals surface area (Å²) in [5.74, 6) is 0.390. The Kier molecular flexibility index (Phi) is 12.4. The summed E-state index contributed by atoms with van der Waals surface area (Å²) in [6.45, 7) is 12.5. The highest BCUT2D eigenvalue weighted by Crippen LogP contribution is 2.41. The van der Waals surface area contributed by atoms with E-state index in [1.807, 2.05) is 19.1 Å². The Labute approximate surface area is 313 Å². The molecule has 3 aromatic rings. The molecule has 2 aromatic carbocycles. The van der Waals surface area contributed by atoms with Crippen LogP contribution in [0.25, 0.3) is 11.1 Å². The van der Waals surface area contributed by atoms with Gasteiger partial charge in [-0.25, -0.2) is 8.78 Å². The van der Waals surface area contributed by atoms with E-state index in [4.69, 9.17) is 0 Å². The Morgan fingerprint density at radius 3 is 2.15 bits per heavy atom. The standard InChI is InChI=1S/C42H48F5N3O4/c1-7-8-29-18-30(37-25(5)16-24(4)17-26(37)6)40(44)38(39(29)43)33(20-36(52)53)48-41(54)34(15-23(2)3)50-22-31(32(19-35(50)51)42(45,46)47)28-11-13-49(14-12-28)21-27-9-10-27/h16-19,22-23,27-28,33-34H,9-15,20-21H2,1-6H3,(H,48,54)(H,52,53). The summed E-state index contributed by atoms with van der Waals surface area (Å²) in [5, 5.41) is 12.4. The van der Waals surface area contributed by atoms with Crippen LogP contribution in [0.1, 0.15) is 116 Å². The summed E-state index contributed by atoms with van der Waals surface area (Å²) < 4.78 is 77.3. The number of carboxylic acids is 1. The van der Waals surface area contributed by atoms with E-state index in [0.717, 1.165) is 35.7 Å². The lowest BCUT2D eigenvalue weighted by molar-refractivity contribution is -0.139. The molecule has 2 heterocycles. The molecule has 12 heteroatoms. The molecular weight excluding hydrogens is 705 g/mol. The van der Waals surface area contributed by atoms with E-state index in [-0.39, 0.29) is 29.0 Å². The van der Waals surface area contributed by atoms with Gasteiger partial charge in [-0.3, -0.25) is 14.4 Å². The summed E-state index contributed by atoms with van der Waals surface area (Å²) in [4.78, 5) is 42.3. The van der Waals surface area contributed by atoms with Crippen LogP contribution in [0.15, 0.2) is 35.3 Å². The number of amides is 1. The topological polar surface area (TPSA) is 91.6 Å². The van der Waals surface area contributed by atoms with Gasteiger partial charge in [0, 0.05) is 29.9 Å². The largest absolute Gasteiger partial charge is 0.481 e. The third-order valence-electron chi connectivity index (χ3n) is 10.5. The number of piperidine rings is 1. The van der Waals surface area contributed by atoms with E-state index in [0.29, 0.717) is 54.6 Å². The van der Waals surface area contributed by atoms with Gasteiger partial charge in [-0.15, -0.1) is 5.92 Å². The van der Waals surface area contributed by atoms with Gasteiger partial charge in [0.2, 0.25) is 5.91 Å². The first-order valence-electron chi connectivity index (χ1n) is 18.5. The number of nitrogens with zero attached hydrogens (tertiary/aromatic N) is 2. The lowest BCUT2D eigenvalue weighted by Gasteiger charge is -2.34. The Bertz CT molecular complexity index is 2010. The number of carbonyl (C=O) groups excluding carboxylic acids is 1. The second-order valence-corrected chi connectivity index (χ2v) is 15.4. The first kappa shape index (κ1) is 40.7. The molecule has 1 aromatic heterocycles. The fourth-order valence-corrected chi connectivity index (χ4v) is 7.91. The van der Waals surface area contributed by atoms with Gasteiger partial charge >= 0.3 is 12.1 Å². The fraction of sp³-hybridized carbons (Fsp3) is 0.500. The van der Waals surface area contributed by atoms with Crippen molar-refractivity contribution in [1.82, 2.24) is 14.8 Å². The lowest BCUT2D eigenvalue weighted by atomic mass is 9.87. The van der Waals surface area contributed by atoms with Crippen LogP contribution in [0, 0.1) is 56.1 Å². The van der Waals surface area contributed by atoms with Crippen LogP contribution < -0.4 is 10.9 Å². The number of hydrogen-bond donors (Lipinski definition) is 2. The third-order valence-corrected chi connectivity index (χ3v) is 10.5. The molecule has 2 aliphatic rings. The van der Waals surface area contributed by atoms with E-state index in [2.05, 4.69) is 22.1 Å². The van der Waals surface area contributed by atoms with E-state index < -0.39 is 70.8 Å². The van der Waals surface area contributed by atoms with Gasteiger partial charge in [-0.2, -0.15) is 13.2 Å². The molecule has 290 valence electrons. The number of likely N-dealkylation sites (tertiary alicyclic amines) is 1. The van der Waals surface area contributed by atoms with Gasteiger partial charge in [0.05, 0.1) is 23.6 Å². The normalized spacial score (nSPS) is 16.5. The Morgan fingerprint density at radius 2 is 1.61 bits per heavy atom.